The Kier molecular flexibility index (Phi) is 3.87. The maximum Gasteiger partial charge on any atom is 0.0567 e. The average molecular weight is 132 g/mol. The molecule has 0 rings (SSSR count). The van der Waals surface area contributed by atoms with Crippen molar-refractivity contribution in [3.8, 4) is 0 Å². The van der Waals surface area contributed by atoms with Crippen LogP contribution in [0.2, 0.25) is 0 Å². The van der Waals surface area contributed by atoms with E-state index in [1.807, 2.05) is 6.92 Å². The van der Waals surface area contributed by atoms with E-state index in [1.54, 1.807) is 0 Å². The molecule has 0 bridgehead atoms. The third kappa shape index (κ3) is 4.46. The summed E-state index contributed by atoms with van der Waals surface area (Å²) in [6.07, 6.45) is 3.56. The monoisotopic (exact) mass is 132 g/mol. The lowest BCUT2D eigenvalue weighted by Gasteiger charge is -2.08. The number of rotatable bonds is 5. The van der Waals surface area contributed by atoms with Crippen LogP contribution in [0.5, 0.6) is 0 Å². The predicted molar refractivity (Wildman–Crippen MR) is 40.4 cm³/mol. The highest BCUT2D eigenvalue weighted by Gasteiger charge is 2.01. The highest BCUT2D eigenvalue weighted by Crippen LogP contribution is 2.10. The van der Waals surface area contributed by atoms with Crippen molar-refractivity contribution in [2.75, 3.05) is 6.56 Å². The molecule has 1 nitrogen and oxygen atoms in total. The quantitative estimate of drug-likeness (QED) is 0.608. The van der Waals surface area contributed by atoms with Gasteiger partial charge in [-0.25, -0.2) is 0 Å². The lowest BCUT2D eigenvalue weighted by atomic mass is 10.0. The fourth-order valence-electron chi connectivity index (χ4n) is 0.810. The van der Waals surface area contributed by atoms with Gasteiger partial charge >= 0.3 is 0 Å². The van der Waals surface area contributed by atoms with Gasteiger partial charge in [0.2, 0.25) is 0 Å². The van der Waals surface area contributed by atoms with Crippen LogP contribution < -0.4 is 0 Å². The molecule has 0 aliphatic rings. The third-order valence-corrected chi connectivity index (χ3v) is 1.58. The van der Waals surface area contributed by atoms with Crippen LogP contribution >= 0.6 is 0 Å². The Balaban J connectivity index is 3.76. The molecular weight excluding hydrogens is 112 g/mol. The first kappa shape index (κ1) is 5.72. The Hall–Kier alpha value is -0.0400. The van der Waals surface area contributed by atoms with Gasteiger partial charge in [0.25, 0.3) is 0 Å². The van der Waals surface area contributed by atoms with E-state index in [4.69, 9.17) is 7.85 Å². The summed E-state index contributed by atoms with van der Waals surface area (Å²) < 4.78 is 14.2. The standard InChI is InChI=1S/C8H18O/c1-3-5-6-8(4-2)7-9/h8-9H,3-7H2,1-2H3/i7D2. The molecule has 0 heterocycles. The second-order valence-electron chi connectivity index (χ2n) is 2.38. The molecule has 0 aromatic rings. The molecule has 1 heteroatoms. The molecule has 0 aliphatic carbocycles. The van der Waals surface area contributed by atoms with Crippen molar-refractivity contribution in [2.24, 2.45) is 5.92 Å². The van der Waals surface area contributed by atoms with Crippen LogP contribution in [0, 0.1) is 5.92 Å². The van der Waals surface area contributed by atoms with Crippen molar-refractivity contribution < 1.29 is 7.85 Å². The van der Waals surface area contributed by atoms with Crippen molar-refractivity contribution >= 4 is 0 Å². The van der Waals surface area contributed by atoms with E-state index in [9.17, 15) is 0 Å². The van der Waals surface area contributed by atoms with Crippen LogP contribution in [0.1, 0.15) is 42.3 Å². The Morgan fingerprint density at radius 2 is 2.22 bits per heavy atom. The molecule has 0 amide bonds. The van der Waals surface area contributed by atoms with E-state index < -0.39 is 6.56 Å². The number of aliphatic hydroxyl groups is 1. The van der Waals surface area contributed by atoms with Crippen molar-refractivity contribution in [3.63, 3.8) is 0 Å². The van der Waals surface area contributed by atoms with Gasteiger partial charge in [-0.3, -0.25) is 0 Å². The molecule has 0 fully saturated rings. The summed E-state index contributed by atoms with van der Waals surface area (Å²) >= 11 is 0. The first-order valence-corrected chi connectivity index (χ1v) is 3.74. The molecule has 56 valence electrons. The van der Waals surface area contributed by atoms with Crippen LogP contribution in [0.4, 0.5) is 0 Å². The van der Waals surface area contributed by atoms with Gasteiger partial charge in [-0.15, -0.1) is 0 Å². The first-order valence-electron chi connectivity index (χ1n) is 4.74. The van der Waals surface area contributed by atoms with E-state index in [2.05, 4.69) is 6.92 Å². The largest absolute Gasteiger partial charge is 0.396 e. The zero-order valence-electron chi connectivity index (χ0n) is 8.35. The molecular formula is C8H18O. The van der Waals surface area contributed by atoms with Gasteiger partial charge in [0, 0.05) is 6.56 Å². The fourth-order valence-corrected chi connectivity index (χ4v) is 0.810. The lowest BCUT2D eigenvalue weighted by Crippen LogP contribution is -2.03. The molecule has 9 heavy (non-hydrogen) atoms. The van der Waals surface area contributed by atoms with Gasteiger partial charge in [0.15, 0.2) is 0 Å². The van der Waals surface area contributed by atoms with Crippen molar-refractivity contribution in [3.05, 3.63) is 0 Å². The summed E-state index contributed by atoms with van der Waals surface area (Å²) in [7, 11) is 0. The van der Waals surface area contributed by atoms with E-state index >= 15 is 0 Å². The maximum absolute atomic E-state index is 9.04. The van der Waals surface area contributed by atoms with Crippen molar-refractivity contribution in [1.29, 1.82) is 0 Å². The minimum absolute atomic E-state index is 0.192. The summed E-state index contributed by atoms with van der Waals surface area (Å²) in [6, 6.07) is 0. The normalized spacial score (nSPS) is 18.6. The third-order valence-electron chi connectivity index (χ3n) is 1.58. The maximum atomic E-state index is 9.04. The van der Waals surface area contributed by atoms with Crippen LogP contribution in [0.15, 0.2) is 0 Å². The summed E-state index contributed by atoms with van der Waals surface area (Å²) in [4.78, 5) is 0. The Bertz CT molecular complexity index is 98.8. The smallest absolute Gasteiger partial charge is 0.0567 e. The molecule has 0 aliphatic heterocycles. The Morgan fingerprint density at radius 1 is 1.56 bits per heavy atom. The van der Waals surface area contributed by atoms with E-state index in [1.165, 1.54) is 0 Å². The molecule has 1 atom stereocenters. The van der Waals surface area contributed by atoms with Gasteiger partial charge in [0.05, 0.1) is 2.74 Å². The molecule has 0 saturated heterocycles. The second-order valence-corrected chi connectivity index (χ2v) is 2.38. The fraction of sp³-hybridized carbons (Fsp3) is 1.00. The molecule has 1 N–H and O–H groups in total. The van der Waals surface area contributed by atoms with E-state index in [0.29, 0.717) is 6.42 Å². The van der Waals surface area contributed by atoms with Gasteiger partial charge in [0.1, 0.15) is 0 Å². The first-order chi connectivity index (χ1) is 5.02. The molecule has 0 aromatic heterocycles. The van der Waals surface area contributed by atoms with Crippen LogP contribution in [0.3, 0.4) is 0 Å². The van der Waals surface area contributed by atoms with Crippen LogP contribution in [-0.4, -0.2) is 11.7 Å². The van der Waals surface area contributed by atoms with E-state index in [-0.39, 0.29) is 5.92 Å². The van der Waals surface area contributed by atoms with Gasteiger partial charge < -0.3 is 5.11 Å². The minimum atomic E-state index is -1.98. The summed E-state index contributed by atoms with van der Waals surface area (Å²) in [5.74, 6) is -0.192. The zero-order chi connectivity index (χ0) is 8.91. The minimum Gasteiger partial charge on any atom is -0.396 e. The zero-order valence-corrected chi connectivity index (χ0v) is 6.35. The topological polar surface area (TPSA) is 20.2 Å². The molecule has 1 unspecified atom stereocenters. The summed E-state index contributed by atoms with van der Waals surface area (Å²) in [5.41, 5.74) is 0. The second kappa shape index (κ2) is 6.09. The van der Waals surface area contributed by atoms with Crippen molar-refractivity contribution in [1.82, 2.24) is 0 Å². The predicted octanol–water partition coefficient (Wildman–Crippen LogP) is 2.20. The van der Waals surface area contributed by atoms with Gasteiger partial charge in [-0.1, -0.05) is 33.1 Å². The lowest BCUT2D eigenvalue weighted by molar-refractivity contribution is 0.212. The summed E-state index contributed by atoms with van der Waals surface area (Å²) in [6.45, 7) is 2.00. The van der Waals surface area contributed by atoms with E-state index in [0.717, 1.165) is 19.3 Å². The van der Waals surface area contributed by atoms with Crippen LogP contribution in [-0.2, 0) is 0 Å². The molecule has 0 radical (unpaired) electrons. The molecule has 0 saturated carbocycles. The van der Waals surface area contributed by atoms with Gasteiger partial charge in [-0.05, 0) is 12.3 Å². The van der Waals surface area contributed by atoms with Gasteiger partial charge in [-0.2, -0.15) is 0 Å². The molecule has 0 spiro atoms. The average Bonchev–Trinajstić information content (AvgIpc) is 1.87. The number of unbranched alkanes of at least 4 members (excludes halogenated alkanes) is 1. The van der Waals surface area contributed by atoms with Crippen LogP contribution in [0.25, 0.3) is 0 Å². The number of hydrogen-bond donors (Lipinski definition) is 1. The summed E-state index contributed by atoms with van der Waals surface area (Å²) in [5, 5.41) is 9.04. The number of hydrogen-bond acceptors (Lipinski definition) is 1. The molecule has 0 aromatic carbocycles. The Morgan fingerprint density at radius 3 is 2.56 bits per heavy atom. The highest BCUT2D eigenvalue weighted by molar-refractivity contribution is 4.53. The Labute approximate surface area is 60.9 Å². The van der Waals surface area contributed by atoms with Crippen molar-refractivity contribution in [2.45, 2.75) is 39.5 Å². The SMILES string of the molecule is [2H]C([2H])(O)C(CC)CCCC. The highest BCUT2D eigenvalue weighted by atomic mass is 16.3.